The molecule has 0 aromatic heterocycles. The number of aliphatic hydroxyl groups is 1. The van der Waals surface area contributed by atoms with Crippen molar-refractivity contribution in [2.75, 3.05) is 6.54 Å². The molecule has 0 spiro atoms. The van der Waals surface area contributed by atoms with Crippen LogP contribution in [0.15, 0.2) is 0 Å². The molecule has 1 aliphatic carbocycles. The first-order chi connectivity index (χ1) is 7.24. The van der Waals surface area contributed by atoms with E-state index in [1.165, 1.54) is 25.7 Å². The fourth-order valence-electron chi connectivity index (χ4n) is 3.41. The van der Waals surface area contributed by atoms with Crippen molar-refractivity contribution in [3.63, 3.8) is 0 Å². The number of likely N-dealkylation sites (tertiary alicyclic amines) is 1. The van der Waals surface area contributed by atoms with Gasteiger partial charge in [0.05, 0.1) is 6.10 Å². The van der Waals surface area contributed by atoms with Crippen molar-refractivity contribution in [1.82, 2.24) is 4.90 Å². The minimum atomic E-state index is -0.111. The van der Waals surface area contributed by atoms with E-state index in [-0.39, 0.29) is 6.10 Å². The molecule has 0 amide bonds. The molecule has 2 fully saturated rings. The average molecular weight is 212 g/mol. The molecule has 4 unspecified atom stereocenters. The van der Waals surface area contributed by atoms with Crippen molar-refractivity contribution >= 4 is 0 Å². The minimum absolute atomic E-state index is 0.111. The molecule has 4 atom stereocenters. The fourth-order valence-corrected chi connectivity index (χ4v) is 3.41. The van der Waals surface area contributed by atoms with Gasteiger partial charge in [0.1, 0.15) is 0 Å². The number of aliphatic hydroxyl groups excluding tert-OH is 1. The molecule has 0 radical (unpaired) electrons. The van der Waals surface area contributed by atoms with Gasteiger partial charge >= 0.3 is 0 Å². The normalized spacial score (nSPS) is 43.4. The van der Waals surface area contributed by atoms with Crippen molar-refractivity contribution in [3.05, 3.63) is 0 Å². The first-order valence-electron chi connectivity index (χ1n) is 6.39. The van der Waals surface area contributed by atoms with Crippen molar-refractivity contribution < 1.29 is 5.11 Å². The van der Waals surface area contributed by atoms with Crippen LogP contribution in [0.3, 0.4) is 0 Å². The summed E-state index contributed by atoms with van der Waals surface area (Å²) in [4.78, 5) is 2.52. The third-order valence-electron chi connectivity index (χ3n) is 4.19. The number of hydrogen-bond acceptors (Lipinski definition) is 3. The van der Waals surface area contributed by atoms with Crippen LogP contribution in [0.2, 0.25) is 0 Å². The maximum atomic E-state index is 9.99. The van der Waals surface area contributed by atoms with Crippen LogP contribution in [0.4, 0.5) is 0 Å². The molecule has 1 aliphatic heterocycles. The summed E-state index contributed by atoms with van der Waals surface area (Å²) >= 11 is 0. The number of piperidine rings is 1. The molecule has 2 aliphatic rings. The summed E-state index contributed by atoms with van der Waals surface area (Å²) in [7, 11) is 0. The third kappa shape index (κ3) is 2.19. The number of nitrogens with two attached hydrogens (primary N) is 1. The summed E-state index contributed by atoms with van der Waals surface area (Å²) in [6.07, 6.45) is 6.96. The highest BCUT2D eigenvalue weighted by Crippen LogP contribution is 2.32. The molecule has 1 heterocycles. The lowest BCUT2D eigenvalue weighted by atomic mass is 9.93. The zero-order valence-electron chi connectivity index (χ0n) is 9.73. The summed E-state index contributed by atoms with van der Waals surface area (Å²) in [5.41, 5.74) is 5.85. The Hall–Kier alpha value is -0.120. The van der Waals surface area contributed by atoms with E-state index in [2.05, 4.69) is 11.8 Å². The van der Waals surface area contributed by atoms with Gasteiger partial charge in [0.15, 0.2) is 0 Å². The van der Waals surface area contributed by atoms with Gasteiger partial charge in [0.25, 0.3) is 0 Å². The Balaban J connectivity index is 2.07. The summed E-state index contributed by atoms with van der Waals surface area (Å²) in [6.45, 7) is 3.03. The molecule has 1 saturated carbocycles. The quantitative estimate of drug-likeness (QED) is 0.720. The lowest BCUT2D eigenvalue weighted by Gasteiger charge is -2.45. The molecule has 3 nitrogen and oxygen atoms in total. The molecule has 0 aromatic rings. The van der Waals surface area contributed by atoms with Crippen LogP contribution in [0.5, 0.6) is 0 Å². The number of nitrogens with zero attached hydrogens (tertiary/aromatic N) is 1. The van der Waals surface area contributed by atoms with E-state index in [1.54, 1.807) is 0 Å². The van der Waals surface area contributed by atoms with Crippen LogP contribution in [0, 0.1) is 0 Å². The zero-order valence-corrected chi connectivity index (χ0v) is 9.73. The predicted molar refractivity (Wildman–Crippen MR) is 61.6 cm³/mol. The summed E-state index contributed by atoms with van der Waals surface area (Å²) in [5.74, 6) is 0. The van der Waals surface area contributed by atoms with E-state index in [9.17, 15) is 5.11 Å². The molecule has 0 aromatic carbocycles. The van der Waals surface area contributed by atoms with E-state index in [1.807, 2.05) is 0 Å². The molecular weight excluding hydrogens is 188 g/mol. The first kappa shape index (κ1) is 11.4. The van der Waals surface area contributed by atoms with Gasteiger partial charge in [0, 0.05) is 24.7 Å². The van der Waals surface area contributed by atoms with E-state index < -0.39 is 0 Å². The average Bonchev–Trinajstić information content (AvgIpc) is 2.64. The van der Waals surface area contributed by atoms with Gasteiger partial charge in [0.2, 0.25) is 0 Å². The second-order valence-corrected chi connectivity index (χ2v) is 5.18. The fraction of sp³-hybridized carbons (Fsp3) is 1.00. The molecule has 1 saturated heterocycles. The van der Waals surface area contributed by atoms with E-state index in [0.717, 1.165) is 19.4 Å². The number of rotatable bonds is 2. The highest BCUT2D eigenvalue weighted by atomic mass is 16.3. The third-order valence-corrected chi connectivity index (χ3v) is 4.19. The smallest absolute Gasteiger partial charge is 0.0695 e. The Bertz CT molecular complexity index is 210. The van der Waals surface area contributed by atoms with Crippen LogP contribution in [-0.4, -0.2) is 40.8 Å². The molecular formula is C12H24N2O. The summed E-state index contributed by atoms with van der Waals surface area (Å²) in [6, 6.07) is 1.49. The standard InChI is InChI=1S/C12H24N2O/c1-9-4-2-5-10(8-13)14(9)11-6-3-7-12(11)15/h9-12,15H,2-8,13H2,1H3. The largest absolute Gasteiger partial charge is 0.391 e. The van der Waals surface area contributed by atoms with Crippen LogP contribution in [-0.2, 0) is 0 Å². The van der Waals surface area contributed by atoms with Gasteiger partial charge in [-0.3, -0.25) is 4.90 Å². The van der Waals surface area contributed by atoms with E-state index >= 15 is 0 Å². The van der Waals surface area contributed by atoms with Gasteiger partial charge in [-0.05, 0) is 39.0 Å². The second-order valence-electron chi connectivity index (χ2n) is 5.18. The van der Waals surface area contributed by atoms with Gasteiger partial charge < -0.3 is 10.8 Å². The van der Waals surface area contributed by atoms with Crippen molar-refractivity contribution in [1.29, 1.82) is 0 Å². The molecule has 88 valence electrons. The Labute approximate surface area is 92.6 Å². The highest BCUT2D eigenvalue weighted by molar-refractivity contribution is 4.93. The lowest BCUT2D eigenvalue weighted by molar-refractivity contribution is -0.00297. The Kier molecular flexibility index (Phi) is 3.65. The summed E-state index contributed by atoms with van der Waals surface area (Å²) < 4.78 is 0. The molecule has 15 heavy (non-hydrogen) atoms. The van der Waals surface area contributed by atoms with Crippen molar-refractivity contribution in [3.8, 4) is 0 Å². The molecule has 3 N–H and O–H groups in total. The first-order valence-corrected chi connectivity index (χ1v) is 6.39. The van der Waals surface area contributed by atoms with Crippen LogP contribution in [0.1, 0.15) is 45.4 Å². The predicted octanol–water partition coefficient (Wildman–Crippen LogP) is 1.10. The summed E-state index contributed by atoms with van der Waals surface area (Å²) in [5, 5.41) is 9.99. The van der Waals surface area contributed by atoms with Gasteiger partial charge in [-0.15, -0.1) is 0 Å². The Morgan fingerprint density at radius 1 is 1.20 bits per heavy atom. The topological polar surface area (TPSA) is 49.5 Å². The van der Waals surface area contributed by atoms with Crippen LogP contribution in [0.25, 0.3) is 0 Å². The monoisotopic (exact) mass is 212 g/mol. The second kappa shape index (κ2) is 4.81. The van der Waals surface area contributed by atoms with Gasteiger partial charge in [-0.25, -0.2) is 0 Å². The van der Waals surface area contributed by atoms with Crippen molar-refractivity contribution in [2.45, 2.75) is 69.7 Å². The maximum Gasteiger partial charge on any atom is 0.0695 e. The Morgan fingerprint density at radius 2 is 1.93 bits per heavy atom. The van der Waals surface area contributed by atoms with E-state index in [0.29, 0.717) is 18.1 Å². The molecule has 0 bridgehead atoms. The molecule has 3 heteroatoms. The van der Waals surface area contributed by atoms with Gasteiger partial charge in [-0.1, -0.05) is 6.42 Å². The lowest BCUT2D eigenvalue weighted by Crippen LogP contribution is -2.55. The Morgan fingerprint density at radius 3 is 2.53 bits per heavy atom. The molecule has 2 rings (SSSR count). The minimum Gasteiger partial charge on any atom is -0.391 e. The van der Waals surface area contributed by atoms with Gasteiger partial charge in [-0.2, -0.15) is 0 Å². The van der Waals surface area contributed by atoms with Crippen LogP contribution >= 0.6 is 0 Å². The number of hydrogen-bond donors (Lipinski definition) is 2. The van der Waals surface area contributed by atoms with E-state index in [4.69, 9.17) is 5.73 Å². The maximum absolute atomic E-state index is 9.99. The highest BCUT2D eigenvalue weighted by Gasteiger charge is 2.38. The van der Waals surface area contributed by atoms with Crippen LogP contribution < -0.4 is 5.73 Å². The zero-order chi connectivity index (χ0) is 10.8. The van der Waals surface area contributed by atoms with Crippen molar-refractivity contribution in [2.24, 2.45) is 5.73 Å². The SMILES string of the molecule is CC1CCCC(CN)N1C1CCCC1O.